The molecule has 1 saturated heterocycles. The average molecular weight is 387 g/mol. The smallest absolute Gasteiger partial charge is 0.253 e. The van der Waals surface area contributed by atoms with Crippen LogP contribution in [0.4, 0.5) is 5.82 Å². The molecule has 0 aliphatic carbocycles. The van der Waals surface area contributed by atoms with Gasteiger partial charge < -0.3 is 10.2 Å². The van der Waals surface area contributed by atoms with Gasteiger partial charge in [-0.1, -0.05) is 12.1 Å². The molecule has 1 fully saturated rings. The summed E-state index contributed by atoms with van der Waals surface area (Å²) < 4.78 is 0. The van der Waals surface area contributed by atoms with Crippen molar-refractivity contribution in [3.63, 3.8) is 0 Å². The Morgan fingerprint density at radius 3 is 2.34 bits per heavy atom. The lowest BCUT2D eigenvalue weighted by Crippen LogP contribution is -2.37. The fourth-order valence-corrected chi connectivity index (χ4v) is 3.78. The zero-order chi connectivity index (χ0) is 20.1. The SMILES string of the molecule is CCNc1ccc(-c2ccc(C(=O)N3CCC(c4ccncc4)CC3)cc2)nn1. The van der Waals surface area contributed by atoms with Crippen LogP contribution < -0.4 is 5.32 Å². The van der Waals surface area contributed by atoms with E-state index in [-0.39, 0.29) is 5.91 Å². The zero-order valence-corrected chi connectivity index (χ0v) is 16.6. The van der Waals surface area contributed by atoms with Gasteiger partial charge in [-0.05, 0) is 67.6 Å². The van der Waals surface area contributed by atoms with Crippen molar-refractivity contribution in [2.75, 3.05) is 25.0 Å². The van der Waals surface area contributed by atoms with E-state index in [1.807, 2.05) is 60.6 Å². The standard InChI is InChI=1S/C23H25N5O/c1-2-25-22-8-7-21(26-27-22)19-3-5-20(6-4-19)23(29)28-15-11-18(12-16-28)17-9-13-24-14-10-17/h3-10,13-14,18H,2,11-12,15-16H2,1H3,(H,25,27). The Morgan fingerprint density at radius 2 is 1.72 bits per heavy atom. The molecule has 148 valence electrons. The number of carbonyl (C=O) groups is 1. The summed E-state index contributed by atoms with van der Waals surface area (Å²) in [6.45, 7) is 4.40. The summed E-state index contributed by atoms with van der Waals surface area (Å²) >= 11 is 0. The topological polar surface area (TPSA) is 71.0 Å². The number of benzene rings is 1. The van der Waals surface area contributed by atoms with Crippen LogP contribution in [0.5, 0.6) is 0 Å². The number of rotatable bonds is 5. The molecule has 29 heavy (non-hydrogen) atoms. The van der Waals surface area contributed by atoms with Crippen molar-refractivity contribution >= 4 is 11.7 Å². The summed E-state index contributed by atoms with van der Waals surface area (Å²) in [4.78, 5) is 18.9. The number of likely N-dealkylation sites (tertiary alicyclic amines) is 1. The molecule has 6 heteroatoms. The summed E-state index contributed by atoms with van der Waals surface area (Å²) in [6, 6.07) is 15.6. The van der Waals surface area contributed by atoms with E-state index in [1.165, 1.54) is 5.56 Å². The highest BCUT2D eigenvalue weighted by atomic mass is 16.2. The van der Waals surface area contributed by atoms with E-state index in [9.17, 15) is 4.79 Å². The van der Waals surface area contributed by atoms with Gasteiger partial charge in [0.05, 0.1) is 5.69 Å². The number of nitrogens with one attached hydrogen (secondary N) is 1. The van der Waals surface area contributed by atoms with E-state index in [1.54, 1.807) is 0 Å². The van der Waals surface area contributed by atoms with Crippen molar-refractivity contribution in [3.8, 4) is 11.3 Å². The van der Waals surface area contributed by atoms with Gasteiger partial charge in [-0.3, -0.25) is 9.78 Å². The predicted octanol–water partition coefficient (Wildman–Crippen LogP) is 3.99. The second-order valence-corrected chi connectivity index (χ2v) is 7.26. The van der Waals surface area contributed by atoms with Crippen LogP contribution in [0.2, 0.25) is 0 Å². The summed E-state index contributed by atoms with van der Waals surface area (Å²) in [5.74, 6) is 1.37. The first-order chi connectivity index (χ1) is 14.2. The predicted molar refractivity (Wildman–Crippen MR) is 114 cm³/mol. The second-order valence-electron chi connectivity index (χ2n) is 7.26. The van der Waals surface area contributed by atoms with Crippen LogP contribution in [-0.4, -0.2) is 45.6 Å². The first-order valence-electron chi connectivity index (χ1n) is 10.1. The highest BCUT2D eigenvalue weighted by Crippen LogP contribution is 2.28. The lowest BCUT2D eigenvalue weighted by Gasteiger charge is -2.32. The molecular weight excluding hydrogens is 362 g/mol. The van der Waals surface area contributed by atoms with E-state index >= 15 is 0 Å². The van der Waals surface area contributed by atoms with Gasteiger partial charge in [0.25, 0.3) is 5.91 Å². The van der Waals surface area contributed by atoms with Gasteiger partial charge in [-0.15, -0.1) is 10.2 Å². The molecule has 1 N–H and O–H groups in total. The van der Waals surface area contributed by atoms with Gasteiger partial charge in [-0.25, -0.2) is 0 Å². The molecule has 0 saturated carbocycles. The minimum Gasteiger partial charge on any atom is -0.369 e. The van der Waals surface area contributed by atoms with Crippen molar-refractivity contribution in [2.24, 2.45) is 0 Å². The number of aromatic nitrogens is 3. The highest BCUT2D eigenvalue weighted by Gasteiger charge is 2.24. The number of pyridine rings is 1. The lowest BCUT2D eigenvalue weighted by molar-refractivity contribution is 0.0713. The highest BCUT2D eigenvalue weighted by molar-refractivity contribution is 5.94. The minimum atomic E-state index is 0.0957. The van der Waals surface area contributed by atoms with Gasteiger partial charge in [-0.2, -0.15) is 0 Å². The van der Waals surface area contributed by atoms with Crippen molar-refractivity contribution in [1.82, 2.24) is 20.1 Å². The van der Waals surface area contributed by atoms with Gasteiger partial charge >= 0.3 is 0 Å². The summed E-state index contributed by atoms with van der Waals surface area (Å²) in [6.07, 6.45) is 5.66. The quantitative estimate of drug-likeness (QED) is 0.717. The minimum absolute atomic E-state index is 0.0957. The van der Waals surface area contributed by atoms with Gasteiger partial charge in [0.1, 0.15) is 5.82 Å². The molecule has 6 nitrogen and oxygen atoms in total. The number of piperidine rings is 1. The Balaban J connectivity index is 1.38. The van der Waals surface area contributed by atoms with Crippen LogP contribution in [0.1, 0.15) is 41.6 Å². The third-order valence-corrected chi connectivity index (χ3v) is 5.41. The summed E-state index contributed by atoms with van der Waals surface area (Å²) in [7, 11) is 0. The molecule has 1 aliphatic heterocycles. The molecule has 1 aromatic carbocycles. The maximum absolute atomic E-state index is 12.9. The van der Waals surface area contributed by atoms with Crippen LogP contribution in [-0.2, 0) is 0 Å². The zero-order valence-electron chi connectivity index (χ0n) is 16.6. The molecule has 2 aromatic heterocycles. The van der Waals surface area contributed by atoms with E-state index in [0.717, 1.165) is 49.6 Å². The summed E-state index contributed by atoms with van der Waals surface area (Å²) in [5.41, 5.74) is 3.78. The number of anilines is 1. The van der Waals surface area contributed by atoms with E-state index in [0.29, 0.717) is 11.5 Å². The van der Waals surface area contributed by atoms with E-state index in [4.69, 9.17) is 0 Å². The van der Waals surface area contributed by atoms with Crippen molar-refractivity contribution in [2.45, 2.75) is 25.7 Å². The van der Waals surface area contributed by atoms with Gasteiger partial charge in [0.2, 0.25) is 0 Å². The first kappa shape index (κ1) is 19.1. The molecule has 0 radical (unpaired) electrons. The number of carbonyl (C=O) groups excluding carboxylic acids is 1. The molecule has 3 aromatic rings. The molecule has 1 aliphatic rings. The Labute approximate surface area is 171 Å². The Kier molecular flexibility index (Phi) is 5.79. The molecular formula is C23H25N5O. The Bertz CT molecular complexity index is 933. The Hall–Kier alpha value is -3.28. The van der Waals surface area contributed by atoms with Gasteiger partial charge in [0.15, 0.2) is 0 Å². The van der Waals surface area contributed by atoms with Crippen LogP contribution in [0.25, 0.3) is 11.3 Å². The van der Waals surface area contributed by atoms with Crippen LogP contribution in [0.3, 0.4) is 0 Å². The van der Waals surface area contributed by atoms with Crippen molar-refractivity contribution in [3.05, 3.63) is 72.1 Å². The van der Waals surface area contributed by atoms with E-state index in [2.05, 4.69) is 32.6 Å². The number of nitrogens with zero attached hydrogens (tertiary/aromatic N) is 4. The number of hydrogen-bond donors (Lipinski definition) is 1. The van der Waals surface area contributed by atoms with Crippen LogP contribution >= 0.6 is 0 Å². The second kappa shape index (κ2) is 8.82. The van der Waals surface area contributed by atoms with E-state index < -0.39 is 0 Å². The normalized spacial score (nSPS) is 14.6. The third-order valence-electron chi connectivity index (χ3n) is 5.41. The van der Waals surface area contributed by atoms with Crippen molar-refractivity contribution in [1.29, 1.82) is 0 Å². The molecule has 0 atom stereocenters. The number of amides is 1. The van der Waals surface area contributed by atoms with Crippen molar-refractivity contribution < 1.29 is 4.79 Å². The van der Waals surface area contributed by atoms with Gasteiger partial charge in [0, 0.05) is 43.2 Å². The Morgan fingerprint density at radius 1 is 1.00 bits per heavy atom. The maximum Gasteiger partial charge on any atom is 0.253 e. The molecule has 4 rings (SSSR count). The first-order valence-corrected chi connectivity index (χ1v) is 10.1. The molecule has 0 unspecified atom stereocenters. The lowest BCUT2D eigenvalue weighted by atomic mass is 9.90. The maximum atomic E-state index is 12.9. The molecule has 1 amide bonds. The molecule has 3 heterocycles. The monoisotopic (exact) mass is 387 g/mol. The third kappa shape index (κ3) is 4.42. The number of hydrogen-bond acceptors (Lipinski definition) is 5. The summed E-state index contributed by atoms with van der Waals surface area (Å²) in [5, 5.41) is 11.6. The fourth-order valence-electron chi connectivity index (χ4n) is 3.78. The molecule has 0 bridgehead atoms. The van der Waals surface area contributed by atoms with Crippen LogP contribution in [0, 0.1) is 0 Å². The van der Waals surface area contributed by atoms with Crippen LogP contribution in [0.15, 0.2) is 60.9 Å². The largest absolute Gasteiger partial charge is 0.369 e. The average Bonchev–Trinajstić information content (AvgIpc) is 2.80. The molecule has 0 spiro atoms. The fraction of sp³-hybridized carbons (Fsp3) is 0.304.